The molecule has 0 bridgehead atoms. The Morgan fingerprint density at radius 2 is 1.68 bits per heavy atom. The van der Waals surface area contributed by atoms with Crippen LogP contribution in [0.1, 0.15) is 54.9 Å². The van der Waals surface area contributed by atoms with Gasteiger partial charge < -0.3 is 25.0 Å². The van der Waals surface area contributed by atoms with Crippen LogP contribution in [0.2, 0.25) is 0 Å². The number of nitrogens with one attached hydrogen (secondary N) is 2. The Labute approximate surface area is 228 Å². The summed E-state index contributed by atoms with van der Waals surface area (Å²) < 4.78 is 66.0. The molecule has 0 aromatic carbocycles. The number of halogens is 5. The van der Waals surface area contributed by atoms with Crippen molar-refractivity contribution in [3.05, 3.63) is 55.7 Å². The Kier molecular flexibility index (Phi) is 28.2. The Hall–Kier alpha value is -0.926. The first-order valence-corrected chi connectivity index (χ1v) is 11.3. The molecule has 4 nitrogen and oxygen atoms in total. The maximum Gasteiger partial charge on any atom is 0.398 e. The van der Waals surface area contributed by atoms with Crippen molar-refractivity contribution in [1.82, 2.24) is 15.5 Å². The van der Waals surface area contributed by atoms with Gasteiger partial charge >= 0.3 is 6.18 Å². The maximum absolute atomic E-state index is 13.7. The summed E-state index contributed by atoms with van der Waals surface area (Å²) in [7, 11) is 0. The third-order valence-electron chi connectivity index (χ3n) is 4.12. The number of hydrogen-bond acceptors (Lipinski definition) is 4. The molecule has 4 unspecified atom stereocenters. The zero-order valence-electron chi connectivity index (χ0n) is 21.6. The predicted octanol–water partition coefficient (Wildman–Crippen LogP) is 6.40. The number of rotatable bonds is 14. The third-order valence-corrected chi connectivity index (χ3v) is 4.12. The molecule has 0 aromatic heterocycles. The average molecular weight is 574 g/mol. The predicted molar refractivity (Wildman–Crippen MR) is 128 cm³/mol. The van der Waals surface area contributed by atoms with E-state index in [0.29, 0.717) is 12.8 Å². The van der Waals surface area contributed by atoms with Crippen LogP contribution in [-0.2, 0) is 32.7 Å². The van der Waals surface area contributed by atoms with Crippen LogP contribution >= 0.6 is 0 Å². The molecule has 0 aromatic rings. The fourth-order valence-corrected chi connectivity index (χ4v) is 2.50. The van der Waals surface area contributed by atoms with Crippen LogP contribution in [-0.4, -0.2) is 47.7 Å². The third kappa shape index (κ3) is 17.5. The standard InChI is InChI=1S/C20H31F5N3O.2C2H6.Y/c1-6-26-14(3)9-11-27-19(29)15(4)18(28(7-2)12-8-10-21)13-17(16(5)22)20(23,24)25;2*1-2;/h6,9-11,13-14,16-17,19,26-27,29H,1,4,7-8,12H2,2-3,5H3;2*1-2H3;/q-1;;;/b11-9+,18-13+;;;. The van der Waals surface area contributed by atoms with E-state index in [1.807, 2.05) is 34.6 Å². The largest absolute Gasteiger partial charge is 0.459 e. The van der Waals surface area contributed by atoms with E-state index >= 15 is 0 Å². The molecule has 0 saturated heterocycles. The summed E-state index contributed by atoms with van der Waals surface area (Å²) in [5, 5.41) is 15.8. The molecule has 0 heterocycles. The second kappa shape index (κ2) is 23.8. The molecule has 0 spiro atoms. The van der Waals surface area contributed by atoms with Gasteiger partial charge in [0.15, 0.2) is 6.23 Å². The van der Waals surface area contributed by atoms with Gasteiger partial charge in [0, 0.05) is 56.6 Å². The summed E-state index contributed by atoms with van der Waals surface area (Å²) in [5.74, 6) is -2.39. The van der Waals surface area contributed by atoms with Gasteiger partial charge in [-0.25, -0.2) is 4.39 Å². The molecule has 0 aliphatic rings. The number of alkyl halides is 4. The summed E-state index contributed by atoms with van der Waals surface area (Å²) in [6, 6.07) is -0.107. The Bertz CT molecular complexity index is 569. The van der Waals surface area contributed by atoms with Gasteiger partial charge in [-0.2, -0.15) is 19.8 Å². The second-order valence-electron chi connectivity index (χ2n) is 6.43. The topological polar surface area (TPSA) is 47.5 Å². The summed E-state index contributed by atoms with van der Waals surface area (Å²) in [6.45, 7) is 20.1. The van der Waals surface area contributed by atoms with Crippen molar-refractivity contribution in [3.8, 4) is 0 Å². The summed E-state index contributed by atoms with van der Waals surface area (Å²) >= 11 is 0. The Morgan fingerprint density at radius 1 is 1.15 bits per heavy atom. The average Bonchev–Trinajstić information content (AvgIpc) is 2.77. The first kappa shape index (κ1) is 40.3. The van der Waals surface area contributed by atoms with Gasteiger partial charge in [-0.05, 0) is 51.9 Å². The number of nitrogens with zero attached hydrogens (tertiary/aromatic N) is 1. The van der Waals surface area contributed by atoms with Gasteiger partial charge in [-0.1, -0.05) is 40.9 Å². The quantitative estimate of drug-likeness (QED) is 0.0975. The van der Waals surface area contributed by atoms with Crippen LogP contribution in [0.5, 0.6) is 0 Å². The fourth-order valence-electron chi connectivity index (χ4n) is 2.50. The van der Waals surface area contributed by atoms with E-state index in [4.69, 9.17) is 0 Å². The van der Waals surface area contributed by atoms with Gasteiger partial charge in [-0.15, -0.1) is 6.42 Å². The van der Waals surface area contributed by atoms with E-state index in [1.165, 1.54) is 17.3 Å². The Morgan fingerprint density at radius 3 is 2.06 bits per heavy atom. The first-order valence-electron chi connectivity index (χ1n) is 11.3. The van der Waals surface area contributed by atoms with Crippen LogP contribution in [0.15, 0.2) is 49.0 Å². The molecule has 199 valence electrons. The van der Waals surface area contributed by atoms with E-state index in [-0.39, 0.29) is 69.5 Å². The van der Waals surface area contributed by atoms with Crippen LogP contribution in [0.4, 0.5) is 22.0 Å². The van der Waals surface area contributed by atoms with Crippen LogP contribution in [0.25, 0.3) is 0 Å². The molecule has 0 amide bonds. The molecule has 1 radical (unpaired) electrons. The number of aliphatic hydroxyl groups excluding tert-OH is 1. The van der Waals surface area contributed by atoms with Crippen molar-refractivity contribution in [2.45, 2.75) is 79.5 Å². The Balaban J connectivity index is -0.000000849. The number of likely N-dealkylation sites (N-methyl/N-ethyl adjacent to an activating group) is 1. The van der Waals surface area contributed by atoms with Gasteiger partial charge in [0.05, 0.1) is 0 Å². The second-order valence-corrected chi connectivity index (χ2v) is 6.43. The van der Waals surface area contributed by atoms with Gasteiger partial charge in [-0.3, -0.25) is 0 Å². The van der Waals surface area contributed by atoms with Crippen LogP contribution in [0.3, 0.4) is 0 Å². The first-order chi connectivity index (χ1) is 15.5. The molecule has 34 heavy (non-hydrogen) atoms. The van der Waals surface area contributed by atoms with E-state index in [0.717, 1.165) is 6.92 Å². The zero-order valence-corrected chi connectivity index (χ0v) is 24.4. The fraction of sp³-hybridized carbons (Fsp3) is 0.625. The minimum absolute atomic E-state index is 0. The van der Waals surface area contributed by atoms with Crippen LogP contribution in [0, 0.1) is 12.6 Å². The normalized spacial score (nSPS) is 14.7. The van der Waals surface area contributed by atoms with Crippen molar-refractivity contribution in [2.75, 3.05) is 13.1 Å². The molecule has 10 heteroatoms. The molecule has 0 fully saturated rings. The molecular weight excluding hydrogens is 530 g/mol. The molecule has 0 aliphatic carbocycles. The van der Waals surface area contributed by atoms with Gasteiger partial charge in [0.2, 0.25) is 0 Å². The minimum atomic E-state index is -4.82. The molecule has 0 rings (SSSR count). The van der Waals surface area contributed by atoms with Crippen molar-refractivity contribution in [3.63, 3.8) is 0 Å². The number of aliphatic hydroxyl groups is 1. The smallest absolute Gasteiger partial charge is 0.398 e. The van der Waals surface area contributed by atoms with E-state index in [9.17, 15) is 27.1 Å². The van der Waals surface area contributed by atoms with Gasteiger partial charge in [0.1, 0.15) is 12.1 Å². The minimum Gasteiger partial charge on any atom is -0.459 e. The number of allylic oxidation sites excluding steroid dienone is 1. The van der Waals surface area contributed by atoms with Crippen molar-refractivity contribution in [2.24, 2.45) is 5.92 Å². The van der Waals surface area contributed by atoms with Crippen molar-refractivity contribution in [1.29, 1.82) is 0 Å². The molecular formula is C24H43F5N3OY-. The van der Waals surface area contributed by atoms with E-state index < -0.39 is 24.5 Å². The maximum atomic E-state index is 13.7. The van der Waals surface area contributed by atoms with Gasteiger partial charge in [0.25, 0.3) is 0 Å². The molecule has 0 saturated carbocycles. The molecule has 3 N–H and O–H groups in total. The van der Waals surface area contributed by atoms with E-state index in [1.54, 1.807) is 13.0 Å². The molecule has 0 aliphatic heterocycles. The summed E-state index contributed by atoms with van der Waals surface area (Å²) in [5.41, 5.74) is -0.179. The monoisotopic (exact) mass is 573 g/mol. The summed E-state index contributed by atoms with van der Waals surface area (Å²) in [4.78, 5) is 1.41. The van der Waals surface area contributed by atoms with Crippen molar-refractivity contribution < 1.29 is 59.8 Å². The summed E-state index contributed by atoms with van der Waals surface area (Å²) in [6.07, 6.45) is -3.25. The van der Waals surface area contributed by atoms with Crippen LogP contribution < -0.4 is 10.6 Å². The van der Waals surface area contributed by atoms with Crippen molar-refractivity contribution >= 4 is 0 Å². The SMILES string of the molecule is C=CNC(C)/C=C/NC(O)C(=C)/C(=C\C(C(C)F)C(F)(F)F)N(CC)CC[CH-]F.CC.CC.[Y]. The number of hydrogen-bond donors (Lipinski definition) is 3. The zero-order chi connectivity index (χ0) is 26.6. The molecule has 4 atom stereocenters. The van der Waals surface area contributed by atoms with E-state index in [2.05, 4.69) is 23.8 Å².